The summed E-state index contributed by atoms with van der Waals surface area (Å²) < 4.78 is 11.2. The lowest BCUT2D eigenvalue weighted by Gasteiger charge is -2.21. The van der Waals surface area contributed by atoms with Gasteiger partial charge in [-0.25, -0.2) is 0 Å². The molecule has 0 spiro atoms. The first-order chi connectivity index (χ1) is 9.88. The van der Waals surface area contributed by atoms with Crippen molar-refractivity contribution in [2.24, 2.45) is 5.92 Å². The van der Waals surface area contributed by atoms with Gasteiger partial charge in [-0.05, 0) is 44.4 Å². The van der Waals surface area contributed by atoms with Crippen molar-refractivity contribution in [3.05, 3.63) is 24.3 Å². The Labute approximate surface area is 122 Å². The molecule has 0 saturated heterocycles. The van der Waals surface area contributed by atoms with Crippen LogP contribution >= 0.6 is 0 Å². The lowest BCUT2D eigenvalue weighted by molar-refractivity contribution is 0.291. The third-order valence-corrected chi connectivity index (χ3v) is 3.82. The van der Waals surface area contributed by atoms with Crippen LogP contribution in [0.25, 0.3) is 0 Å². The highest BCUT2D eigenvalue weighted by molar-refractivity contribution is 5.32. The fourth-order valence-electron chi connectivity index (χ4n) is 2.76. The second-order valence-electron chi connectivity index (χ2n) is 5.46. The van der Waals surface area contributed by atoms with E-state index >= 15 is 0 Å². The summed E-state index contributed by atoms with van der Waals surface area (Å²) in [6.07, 6.45) is 7.03. The lowest BCUT2D eigenvalue weighted by Crippen LogP contribution is -2.28. The van der Waals surface area contributed by atoms with Crippen LogP contribution in [0, 0.1) is 5.92 Å². The maximum atomic E-state index is 5.74. The van der Waals surface area contributed by atoms with E-state index in [9.17, 15) is 0 Å². The average molecular weight is 277 g/mol. The minimum atomic E-state index is 0.687. The van der Waals surface area contributed by atoms with Gasteiger partial charge < -0.3 is 14.8 Å². The molecule has 1 aromatic carbocycles. The normalized spacial score (nSPS) is 16.1. The first-order valence-corrected chi connectivity index (χ1v) is 7.95. The second kappa shape index (κ2) is 8.85. The highest BCUT2D eigenvalue weighted by Crippen LogP contribution is 2.22. The van der Waals surface area contributed by atoms with Crippen molar-refractivity contribution in [1.29, 1.82) is 0 Å². The molecule has 3 nitrogen and oxygen atoms in total. The third kappa shape index (κ3) is 5.41. The van der Waals surface area contributed by atoms with Crippen LogP contribution in [0.1, 0.15) is 39.0 Å². The van der Waals surface area contributed by atoms with E-state index in [0.29, 0.717) is 13.2 Å². The van der Waals surface area contributed by atoms with Crippen LogP contribution in [-0.2, 0) is 0 Å². The van der Waals surface area contributed by atoms with E-state index in [1.807, 2.05) is 31.2 Å². The van der Waals surface area contributed by atoms with Crippen LogP contribution in [0.4, 0.5) is 0 Å². The van der Waals surface area contributed by atoms with Gasteiger partial charge in [0.25, 0.3) is 0 Å². The summed E-state index contributed by atoms with van der Waals surface area (Å²) in [6, 6.07) is 7.85. The van der Waals surface area contributed by atoms with Crippen molar-refractivity contribution in [1.82, 2.24) is 5.32 Å². The van der Waals surface area contributed by atoms with Gasteiger partial charge in [-0.15, -0.1) is 0 Å². The second-order valence-corrected chi connectivity index (χ2v) is 5.46. The first kappa shape index (κ1) is 15.2. The van der Waals surface area contributed by atoms with Gasteiger partial charge in [0.1, 0.15) is 18.1 Å². The van der Waals surface area contributed by atoms with Crippen molar-refractivity contribution in [3.63, 3.8) is 0 Å². The molecule has 0 bridgehead atoms. The maximum Gasteiger partial charge on any atom is 0.123 e. The van der Waals surface area contributed by atoms with E-state index in [1.165, 1.54) is 32.1 Å². The van der Waals surface area contributed by atoms with Crippen molar-refractivity contribution in [2.45, 2.75) is 39.0 Å². The van der Waals surface area contributed by atoms with Gasteiger partial charge in [-0.2, -0.15) is 0 Å². The molecule has 20 heavy (non-hydrogen) atoms. The largest absolute Gasteiger partial charge is 0.494 e. The lowest BCUT2D eigenvalue weighted by atomic mass is 9.89. The van der Waals surface area contributed by atoms with Crippen molar-refractivity contribution < 1.29 is 9.47 Å². The van der Waals surface area contributed by atoms with Gasteiger partial charge in [0.05, 0.1) is 6.61 Å². The summed E-state index contributed by atoms with van der Waals surface area (Å²) in [5.74, 6) is 2.64. The smallest absolute Gasteiger partial charge is 0.123 e. The van der Waals surface area contributed by atoms with Crippen LogP contribution < -0.4 is 14.8 Å². The van der Waals surface area contributed by atoms with Gasteiger partial charge in [0.2, 0.25) is 0 Å². The molecule has 0 aromatic heterocycles. The molecule has 1 aromatic rings. The molecule has 0 atom stereocenters. The summed E-state index contributed by atoms with van der Waals surface area (Å²) in [5, 5.41) is 3.51. The fourth-order valence-corrected chi connectivity index (χ4v) is 2.76. The van der Waals surface area contributed by atoms with E-state index in [0.717, 1.165) is 30.5 Å². The molecule has 1 saturated carbocycles. The Morgan fingerprint density at radius 3 is 2.60 bits per heavy atom. The summed E-state index contributed by atoms with van der Waals surface area (Å²) >= 11 is 0. The predicted molar refractivity (Wildman–Crippen MR) is 82.6 cm³/mol. The van der Waals surface area contributed by atoms with Gasteiger partial charge >= 0.3 is 0 Å². The van der Waals surface area contributed by atoms with Crippen LogP contribution in [0.5, 0.6) is 11.5 Å². The zero-order valence-corrected chi connectivity index (χ0v) is 12.6. The quantitative estimate of drug-likeness (QED) is 0.736. The zero-order valence-electron chi connectivity index (χ0n) is 12.6. The summed E-state index contributed by atoms with van der Waals surface area (Å²) in [6.45, 7) is 5.44. The Bertz CT molecular complexity index is 375. The number of ether oxygens (including phenoxy) is 2. The molecule has 0 unspecified atom stereocenters. The first-order valence-electron chi connectivity index (χ1n) is 7.95. The average Bonchev–Trinajstić information content (AvgIpc) is 2.49. The number of hydrogen-bond donors (Lipinski definition) is 1. The Kier molecular flexibility index (Phi) is 6.72. The van der Waals surface area contributed by atoms with Crippen molar-refractivity contribution in [3.8, 4) is 11.5 Å². The molecule has 0 heterocycles. The van der Waals surface area contributed by atoms with Gasteiger partial charge in [0.15, 0.2) is 0 Å². The molecule has 3 heteroatoms. The minimum Gasteiger partial charge on any atom is -0.494 e. The van der Waals surface area contributed by atoms with E-state index in [4.69, 9.17) is 9.47 Å². The Morgan fingerprint density at radius 2 is 1.85 bits per heavy atom. The predicted octanol–water partition coefficient (Wildman–Crippen LogP) is 3.63. The van der Waals surface area contributed by atoms with Crippen molar-refractivity contribution in [2.75, 3.05) is 26.3 Å². The van der Waals surface area contributed by atoms with Gasteiger partial charge in [-0.3, -0.25) is 0 Å². The summed E-state index contributed by atoms with van der Waals surface area (Å²) in [7, 11) is 0. The van der Waals surface area contributed by atoms with E-state index in [1.54, 1.807) is 0 Å². The maximum absolute atomic E-state index is 5.74. The van der Waals surface area contributed by atoms with Crippen LogP contribution in [0.2, 0.25) is 0 Å². The van der Waals surface area contributed by atoms with Crippen LogP contribution in [-0.4, -0.2) is 26.3 Å². The summed E-state index contributed by atoms with van der Waals surface area (Å²) in [4.78, 5) is 0. The molecular weight excluding hydrogens is 250 g/mol. The molecule has 1 aliphatic rings. The van der Waals surface area contributed by atoms with Crippen LogP contribution in [0.3, 0.4) is 0 Å². The molecule has 1 N–H and O–H groups in total. The van der Waals surface area contributed by atoms with E-state index in [-0.39, 0.29) is 0 Å². The number of hydrogen-bond acceptors (Lipinski definition) is 3. The Hall–Kier alpha value is -1.22. The molecule has 1 fully saturated rings. The number of rotatable bonds is 8. The standard InChI is InChI=1S/C17H27NO2/c1-2-19-16-9-6-10-17(13-16)20-12-11-18-14-15-7-4-3-5-8-15/h6,9-10,13,15,18H,2-5,7-8,11-12,14H2,1H3. The molecule has 0 aliphatic heterocycles. The van der Waals surface area contributed by atoms with E-state index < -0.39 is 0 Å². The molecule has 0 amide bonds. The molecule has 0 radical (unpaired) electrons. The molecular formula is C17H27NO2. The number of nitrogens with one attached hydrogen (secondary N) is 1. The zero-order chi connectivity index (χ0) is 14.0. The monoisotopic (exact) mass is 277 g/mol. The fraction of sp³-hybridized carbons (Fsp3) is 0.647. The number of benzene rings is 1. The SMILES string of the molecule is CCOc1cccc(OCCNCC2CCCCC2)c1. The van der Waals surface area contributed by atoms with Gasteiger partial charge in [-0.1, -0.05) is 25.3 Å². The van der Waals surface area contributed by atoms with Crippen molar-refractivity contribution >= 4 is 0 Å². The highest BCUT2D eigenvalue weighted by Gasteiger charge is 2.12. The van der Waals surface area contributed by atoms with Gasteiger partial charge in [0, 0.05) is 12.6 Å². The molecule has 1 aliphatic carbocycles. The van der Waals surface area contributed by atoms with E-state index in [2.05, 4.69) is 5.32 Å². The summed E-state index contributed by atoms with van der Waals surface area (Å²) in [5.41, 5.74) is 0. The Balaban J connectivity index is 1.59. The molecule has 2 rings (SSSR count). The minimum absolute atomic E-state index is 0.687. The molecule has 112 valence electrons. The van der Waals surface area contributed by atoms with Crippen LogP contribution in [0.15, 0.2) is 24.3 Å². The Morgan fingerprint density at radius 1 is 1.10 bits per heavy atom. The highest BCUT2D eigenvalue weighted by atomic mass is 16.5. The third-order valence-electron chi connectivity index (χ3n) is 3.82. The topological polar surface area (TPSA) is 30.5 Å².